The van der Waals surface area contributed by atoms with Gasteiger partial charge in [0, 0.05) is 11.8 Å². The third kappa shape index (κ3) is 7.12. The van der Waals surface area contributed by atoms with Crippen LogP contribution in [0.2, 0.25) is 0 Å². The Balaban J connectivity index is 1.74. The van der Waals surface area contributed by atoms with Crippen LogP contribution in [0.5, 0.6) is 5.75 Å². The van der Waals surface area contributed by atoms with E-state index in [0.29, 0.717) is 11.5 Å². The number of aromatic carboxylic acids is 1. The van der Waals surface area contributed by atoms with Gasteiger partial charge < -0.3 is 20.8 Å². The second kappa shape index (κ2) is 13.8. The van der Waals surface area contributed by atoms with E-state index in [1.165, 1.54) is 0 Å². The van der Waals surface area contributed by atoms with E-state index in [1.54, 1.807) is 12.1 Å². The fourth-order valence-corrected chi connectivity index (χ4v) is 6.75. The molecule has 0 bridgehead atoms. The van der Waals surface area contributed by atoms with Crippen LogP contribution in [0.3, 0.4) is 0 Å². The number of carboxylic acid groups (broad SMARTS) is 1. The lowest BCUT2D eigenvalue weighted by molar-refractivity contribution is -0.120. The van der Waals surface area contributed by atoms with E-state index in [9.17, 15) is 55.0 Å². The summed E-state index contributed by atoms with van der Waals surface area (Å²) < 4.78 is 96.9. The summed E-state index contributed by atoms with van der Waals surface area (Å²) in [6.07, 6.45) is 5.32. The molecule has 0 aromatic heterocycles. The van der Waals surface area contributed by atoms with Crippen LogP contribution in [0.25, 0.3) is 0 Å². The van der Waals surface area contributed by atoms with Gasteiger partial charge in [0.15, 0.2) is 28.2 Å². The topological polar surface area (TPSA) is 158 Å². The smallest absolute Gasteiger partial charge is 0.339 e. The number of anilines is 1. The van der Waals surface area contributed by atoms with Gasteiger partial charge in [-0.25, -0.2) is 35.2 Å². The summed E-state index contributed by atoms with van der Waals surface area (Å²) >= 11 is 0. The van der Waals surface area contributed by atoms with Gasteiger partial charge in [0.05, 0.1) is 19.6 Å². The Labute approximate surface area is 259 Å². The monoisotopic (exact) mass is 669 g/mol. The molecule has 0 spiro atoms. The fraction of sp³-hybridized carbons (Fsp3) is 0.300. The van der Waals surface area contributed by atoms with Gasteiger partial charge in [-0.15, -0.1) is 0 Å². The number of halogens is 5. The van der Waals surface area contributed by atoms with Gasteiger partial charge in [-0.1, -0.05) is 43.5 Å². The number of phenols is 1. The van der Waals surface area contributed by atoms with Crippen molar-refractivity contribution >= 4 is 33.5 Å². The van der Waals surface area contributed by atoms with E-state index >= 15 is 0 Å². The molecule has 1 fully saturated rings. The summed E-state index contributed by atoms with van der Waals surface area (Å²) in [5, 5.41) is 19.6. The van der Waals surface area contributed by atoms with Crippen LogP contribution >= 0.6 is 0 Å². The van der Waals surface area contributed by atoms with Crippen molar-refractivity contribution in [3.05, 3.63) is 88.2 Å². The zero-order valence-corrected chi connectivity index (χ0v) is 24.8. The Morgan fingerprint density at radius 3 is 1.91 bits per heavy atom. The SMILES string of the molecule is NC(=O)CN(CC(=O)N(Cc1ccc(C2CCCCC2)cc1)c1ccc(C(=O)O)c(O)c1)S(=O)(=O)c1c(F)c(F)c(F)c(F)c1F. The molecule has 0 radical (unpaired) electrons. The van der Waals surface area contributed by atoms with Crippen molar-refractivity contribution in [1.29, 1.82) is 0 Å². The normalized spacial score (nSPS) is 14.0. The number of carbonyl (C=O) groups is 3. The van der Waals surface area contributed by atoms with Gasteiger partial charge in [0.25, 0.3) is 0 Å². The van der Waals surface area contributed by atoms with Crippen molar-refractivity contribution in [2.75, 3.05) is 18.0 Å². The largest absolute Gasteiger partial charge is 0.507 e. The number of nitrogens with zero attached hydrogens (tertiary/aromatic N) is 2. The number of benzene rings is 3. The first-order valence-corrected chi connectivity index (χ1v) is 15.3. The van der Waals surface area contributed by atoms with Gasteiger partial charge in [-0.2, -0.15) is 4.31 Å². The predicted molar refractivity (Wildman–Crippen MR) is 153 cm³/mol. The minimum absolute atomic E-state index is 0.152. The molecule has 4 N–H and O–H groups in total. The average molecular weight is 670 g/mol. The molecule has 3 aromatic carbocycles. The number of carbonyl (C=O) groups excluding carboxylic acids is 2. The van der Waals surface area contributed by atoms with E-state index in [4.69, 9.17) is 5.73 Å². The minimum Gasteiger partial charge on any atom is -0.507 e. The summed E-state index contributed by atoms with van der Waals surface area (Å²) in [7, 11) is -5.79. The second-order valence-electron chi connectivity index (χ2n) is 10.7. The lowest BCUT2D eigenvalue weighted by atomic mass is 9.84. The quantitative estimate of drug-likeness (QED) is 0.154. The molecule has 0 saturated heterocycles. The van der Waals surface area contributed by atoms with Crippen LogP contribution in [0.15, 0.2) is 47.4 Å². The fourth-order valence-electron chi connectivity index (χ4n) is 5.28. The van der Waals surface area contributed by atoms with Gasteiger partial charge >= 0.3 is 5.97 Å². The number of amides is 2. The summed E-state index contributed by atoms with van der Waals surface area (Å²) in [5.74, 6) is -17.8. The Morgan fingerprint density at radius 2 is 1.39 bits per heavy atom. The van der Waals surface area contributed by atoms with Gasteiger partial charge in [-0.05, 0) is 42.0 Å². The lowest BCUT2D eigenvalue weighted by Gasteiger charge is -2.28. The minimum atomic E-state index is -5.79. The highest BCUT2D eigenvalue weighted by Crippen LogP contribution is 2.34. The molecule has 0 aliphatic heterocycles. The third-order valence-corrected chi connectivity index (χ3v) is 9.45. The van der Waals surface area contributed by atoms with Crippen LogP contribution in [0.4, 0.5) is 27.6 Å². The van der Waals surface area contributed by atoms with Crippen molar-refractivity contribution in [2.24, 2.45) is 5.73 Å². The summed E-state index contributed by atoms with van der Waals surface area (Å²) in [4.78, 5) is 35.5. The van der Waals surface area contributed by atoms with Crippen LogP contribution < -0.4 is 10.6 Å². The Morgan fingerprint density at radius 1 is 0.826 bits per heavy atom. The van der Waals surface area contributed by atoms with Crippen molar-refractivity contribution in [3.63, 3.8) is 0 Å². The summed E-state index contributed by atoms with van der Waals surface area (Å²) in [6.45, 7) is -3.12. The third-order valence-electron chi connectivity index (χ3n) is 7.63. The van der Waals surface area contributed by atoms with Crippen molar-refractivity contribution in [3.8, 4) is 5.75 Å². The van der Waals surface area contributed by atoms with Crippen LogP contribution in [0.1, 0.15) is 59.5 Å². The Kier molecular flexibility index (Phi) is 10.3. The molecule has 0 unspecified atom stereocenters. The molecule has 246 valence electrons. The standard InChI is InChI=1S/C30H28F5N3O7S/c31-24-25(32)27(34)29(28(35)26(24)33)46(44,45)37(14-22(36)40)15-23(41)38(19-10-11-20(30(42)43)21(39)12-19)13-16-6-8-18(9-7-16)17-4-2-1-3-5-17/h6-12,17,39H,1-5,13-15H2,(H2,36,40)(H,42,43). The van der Waals surface area contributed by atoms with E-state index in [2.05, 4.69) is 0 Å². The van der Waals surface area contributed by atoms with E-state index in [-0.39, 0.29) is 16.5 Å². The Bertz CT molecular complexity index is 1750. The lowest BCUT2D eigenvalue weighted by Crippen LogP contribution is -2.46. The van der Waals surface area contributed by atoms with Crippen molar-refractivity contribution < 1.29 is 55.0 Å². The maximum atomic E-state index is 14.5. The molecular weight excluding hydrogens is 641 g/mol. The molecule has 1 saturated carbocycles. The average Bonchev–Trinajstić information content (AvgIpc) is 3.01. The Hall–Kier alpha value is -4.57. The van der Waals surface area contributed by atoms with Gasteiger partial charge in [0.2, 0.25) is 27.7 Å². The number of aromatic hydroxyl groups is 1. The molecule has 4 rings (SSSR count). The maximum Gasteiger partial charge on any atom is 0.339 e. The van der Waals surface area contributed by atoms with Crippen LogP contribution in [-0.4, -0.2) is 53.8 Å². The number of primary amides is 1. The molecule has 16 heteroatoms. The molecule has 1 aliphatic rings. The summed E-state index contributed by atoms with van der Waals surface area (Å²) in [5.41, 5.74) is 5.96. The number of hydrogen-bond donors (Lipinski definition) is 3. The van der Waals surface area contributed by atoms with Crippen molar-refractivity contribution in [2.45, 2.75) is 49.5 Å². The molecule has 2 amide bonds. The van der Waals surface area contributed by atoms with Crippen LogP contribution in [0, 0.1) is 29.1 Å². The molecule has 3 aromatic rings. The van der Waals surface area contributed by atoms with Gasteiger partial charge in [-0.3, -0.25) is 9.59 Å². The molecule has 46 heavy (non-hydrogen) atoms. The summed E-state index contributed by atoms with van der Waals surface area (Å²) in [6, 6.07) is 10.1. The first-order valence-electron chi connectivity index (χ1n) is 13.9. The first kappa shape index (κ1) is 34.3. The van der Waals surface area contributed by atoms with E-state index in [1.807, 2.05) is 12.1 Å². The second-order valence-corrected chi connectivity index (χ2v) is 12.6. The maximum absolute atomic E-state index is 14.5. The van der Waals surface area contributed by atoms with Gasteiger partial charge in [0.1, 0.15) is 11.3 Å². The molecule has 10 nitrogen and oxygen atoms in total. The number of sulfonamides is 1. The molecule has 0 heterocycles. The molecule has 0 atom stereocenters. The predicted octanol–water partition coefficient (Wildman–Crippen LogP) is 4.54. The highest BCUT2D eigenvalue weighted by molar-refractivity contribution is 7.89. The number of carboxylic acids is 1. The van der Waals surface area contributed by atoms with E-state index < -0.39 is 86.2 Å². The zero-order chi connectivity index (χ0) is 33.9. The molecule has 1 aliphatic carbocycles. The molecular formula is C30H28F5N3O7S. The number of hydrogen-bond acceptors (Lipinski definition) is 6. The zero-order valence-electron chi connectivity index (χ0n) is 24.0. The van der Waals surface area contributed by atoms with E-state index in [0.717, 1.165) is 60.8 Å². The van der Waals surface area contributed by atoms with Crippen molar-refractivity contribution in [1.82, 2.24) is 4.31 Å². The highest BCUT2D eigenvalue weighted by atomic mass is 32.2. The number of rotatable bonds is 11. The first-order chi connectivity index (χ1) is 21.6. The number of nitrogens with two attached hydrogens (primary N) is 1. The highest BCUT2D eigenvalue weighted by Gasteiger charge is 2.39. The van der Waals surface area contributed by atoms with Crippen LogP contribution in [-0.2, 0) is 26.2 Å².